The molecule has 1 N–H and O–H groups in total. The summed E-state index contributed by atoms with van der Waals surface area (Å²) in [5.74, 6) is -0.340. The summed E-state index contributed by atoms with van der Waals surface area (Å²) >= 11 is 0. The summed E-state index contributed by atoms with van der Waals surface area (Å²) in [6.45, 7) is 3.53. The van der Waals surface area contributed by atoms with Crippen LogP contribution in [0.3, 0.4) is 0 Å². The fourth-order valence-electron chi connectivity index (χ4n) is 2.77. The lowest BCUT2D eigenvalue weighted by Gasteiger charge is -2.16. The first-order chi connectivity index (χ1) is 12.1. The van der Waals surface area contributed by atoms with Gasteiger partial charge in [-0.25, -0.2) is 13.2 Å². The molecule has 0 amide bonds. The Kier molecular flexibility index (Phi) is 3.35. The number of rotatable bonds is 3. The van der Waals surface area contributed by atoms with Crippen molar-refractivity contribution in [3.05, 3.63) is 46.9 Å². The Balaban J connectivity index is 1.68. The highest BCUT2D eigenvalue weighted by Gasteiger charge is 2.32. The van der Waals surface area contributed by atoms with Gasteiger partial charge in [-0.05, 0) is 30.3 Å². The van der Waals surface area contributed by atoms with Gasteiger partial charge in [0, 0.05) is 27.0 Å². The number of anilines is 1. The van der Waals surface area contributed by atoms with Crippen LogP contribution in [0, 0.1) is 0 Å². The van der Waals surface area contributed by atoms with E-state index in [0.29, 0.717) is 28.3 Å². The number of hydrogen-bond acceptors (Lipinski definition) is 6. The zero-order valence-corrected chi connectivity index (χ0v) is 15.1. The molecule has 0 unspecified atom stereocenters. The van der Waals surface area contributed by atoms with Crippen LogP contribution in [0.15, 0.2) is 50.5 Å². The minimum absolute atomic E-state index is 0.0133. The predicted octanol–water partition coefficient (Wildman–Crippen LogP) is 2.44. The molecular weight excluding hydrogens is 360 g/mol. The van der Waals surface area contributed by atoms with Crippen LogP contribution in [-0.2, 0) is 17.1 Å². The lowest BCUT2D eigenvalue weighted by Crippen LogP contribution is -2.29. The fourth-order valence-corrected chi connectivity index (χ4v) is 3.84. The summed E-state index contributed by atoms with van der Waals surface area (Å²) in [6.07, 6.45) is 0. The SMILES string of the molecule is Cn1c(=O)oc2ccc(S(=O)(=O)Nc3ccc4c(c3)OC(C)(C)O4)cc21. The van der Waals surface area contributed by atoms with Gasteiger partial charge >= 0.3 is 5.76 Å². The highest BCUT2D eigenvalue weighted by atomic mass is 32.2. The number of hydrogen-bond donors (Lipinski definition) is 1. The topological polar surface area (TPSA) is 99.8 Å². The van der Waals surface area contributed by atoms with Gasteiger partial charge in [0.05, 0.1) is 16.1 Å². The Morgan fingerprint density at radius 2 is 1.77 bits per heavy atom. The second-order valence-corrected chi connectivity index (χ2v) is 8.11. The first-order valence-corrected chi connectivity index (χ1v) is 9.27. The van der Waals surface area contributed by atoms with E-state index in [1.807, 2.05) is 0 Å². The lowest BCUT2D eigenvalue weighted by molar-refractivity contribution is -0.0431. The number of nitrogens with zero attached hydrogens (tertiary/aromatic N) is 1. The third-order valence-electron chi connectivity index (χ3n) is 3.98. The lowest BCUT2D eigenvalue weighted by atomic mass is 10.3. The predicted molar refractivity (Wildman–Crippen MR) is 94.0 cm³/mol. The van der Waals surface area contributed by atoms with Crippen molar-refractivity contribution in [2.24, 2.45) is 7.05 Å². The number of oxazole rings is 1. The molecule has 1 aliphatic rings. The minimum atomic E-state index is -3.86. The second-order valence-electron chi connectivity index (χ2n) is 6.43. The van der Waals surface area contributed by atoms with Crippen LogP contribution in [0.5, 0.6) is 11.5 Å². The van der Waals surface area contributed by atoms with Gasteiger partial charge in [-0.15, -0.1) is 0 Å². The van der Waals surface area contributed by atoms with E-state index in [9.17, 15) is 13.2 Å². The van der Waals surface area contributed by atoms with Crippen LogP contribution in [0.1, 0.15) is 13.8 Å². The summed E-state index contributed by atoms with van der Waals surface area (Å²) < 4.78 is 45.4. The minimum Gasteiger partial charge on any atom is -0.449 e. The van der Waals surface area contributed by atoms with Crippen molar-refractivity contribution in [3.63, 3.8) is 0 Å². The molecule has 0 aliphatic carbocycles. The molecule has 26 heavy (non-hydrogen) atoms. The number of sulfonamides is 1. The maximum atomic E-state index is 12.7. The monoisotopic (exact) mass is 376 g/mol. The third kappa shape index (κ3) is 2.70. The Morgan fingerprint density at radius 1 is 1.04 bits per heavy atom. The second kappa shape index (κ2) is 5.28. The maximum Gasteiger partial charge on any atom is 0.419 e. The van der Waals surface area contributed by atoms with E-state index in [1.54, 1.807) is 32.0 Å². The van der Waals surface area contributed by atoms with E-state index in [1.165, 1.54) is 29.8 Å². The molecule has 0 bridgehead atoms. The van der Waals surface area contributed by atoms with Crippen molar-refractivity contribution in [2.45, 2.75) is 24.5 Å². The standard InChI is InChI=1S/C17H16N2O6S/c1-17(2)24-14-6-4-10(8-15(14)25-17)18-26(21,22)11-5-7-13-12(9-11)19(3)16(20)23-13/h4-9,18H,1-3H3. The highest BCUT2D eigenvalue weighted by Crippen LogP contribution is 2.41. The van der Waals surface area contributed by atoms with Gasteiger partial charge in [0.25, 0.3) is 10.0 Å². The van der Waals surface area contributed by atoms with Crippen LogP contribution in [-0.4, -0.2) is 18.8 Å². The summed E-state index contributed by atoms with van der Waals surface area (Å²) in [7, 11) is -2.35. The Hall–Kier alpha value is -2.94. The van der Waals surface area contributed by atoms with Gasteiger partial charge in [-0.3, -0.25) is 9.29 Å². The van der Waals surface area contributed by atoms with Crippen LogP contribution < -0.4 is 20.0 Å². The van der Waals surface area contributed by atoms with E-state index in [2.05, 4.69) is 4.72 Å². The molecule has 1 aromatic heterocycles. The highest BCUT2D eigenvalue weighted by molar-refractivity contribution is 7.92. The molecule has 8 nitrogen and oxygen atoms in total. The molecular formula is C17H16N2O6S. The van der Waals surface area contributed by atoms with Crippen LogP contribution in [0.4, 0.5) is 5.69 Å². The average molecular weight is 376 g/mol. The molecule has 0 saturated carbocycles. The Labute approximate surface area is 149 Å². The molecule has 0 spiro atoms. The van der Waals surface area contributed by atoms with E-state index in [-0.39, 0.29) is 4.90 Å². The number of ether oxygens (including phenoxy) is 2. The van der Waals surface area contributed by atoms with Crippen molar-refractivity contribution >= 4 is 26.8 Å². The molecule has 4 rings (SSSR count). The number of aryl methyl sites for hydroxylation is 1. The molecule has 9 heteroatoms. The average Bonchev–Trinajstić information content (AvgIpc) is 3.01. The van der Waals surface area contributed by atoms with Gasteiger partial charge in [-0.1, -0.05) is 0 Å². The molecule has 1 aliphatic heterocycles. The molecule has 0 radical (unpaired) electrons. The largest absolute Gasteiger partial charge is 0.449 e. The molecule has 0 fully saturated rings. The van der Waals surface area contributed by atoms with E-state index in [0.717, 1.165) is 0 Å². The van der Waals surface area contributed by atoms with Crippen molar-refractivity contribution in [2.75, 3.05) is 4.72 Å². The van der Waals surface area contributed by atoms with Gasteiger partial charge in [0.15, 0.2) is 17.1 Å². The summed E-state index contributed by atoms with van der Waals surface area (Å²) in [5, 5.41) is 0. The maximum absolute atomic E-state index is 12.7. The third-order valence-corrected chi connectivity index (χ3v) is 5.36. The number of fused-ring (bicyclic) bond motifs is 2. The molecule has 2 aromatic carbocycles. The molecule has 2 heterocycles. The summed E-state index contributed by atoms with van der Waals surface area (Å²) in [5.41, 5.74) is 1.05. The number of nitrogens with one attached hydrogen (secondary N) is 1. The van der Waals surface area contributed by atoms with Crippen molar-refractivity contribution in [1.29, 1.82) is 0 Å². The molecule has 3 aromatic rings. The van der Waals surface area contributed by atoms with Crippen molar-refractivity contribution in [3.8, 4) is 11.5 Å². The fraction of sp³-hybridized carbons (Fsp3) is 0.235. The number of aromatic nitrogens is 1. The zero-order valence-electron chi connectivity index (χ0n) is 14.3. The number of benzene rings is 2. The van der Waals surface area contributed by atoms with Crippen LogP contribution in [0.25, 0.3) is 11.1 Å². The first-order valence-electron chi connectivity index (χ1n) is 7.79. The molecule has 0 atom stereocenters. The van der Waals surface area contributed by atoms with Gasteiger partial charge in [0.1, 0.15) is 0 Å². The van der Waals surface area contributed by atoms with Gasteiger partial charge in [0.2, 0.25) is 5.79 Å². The first kappa shape index (κ1) is 16.5. The van der Waals surface area contributed by atoms with Crippen molar-refractivity contribution in [1.82, 2.24) is 4.57 Å². The van der Waals surface area contributed by atoms with E-state index < -0.39 is 21.6 Å². The van der Waals surface area contributed by atoms with Crippen LogP contribution in [0.2, 0.25) is 0 Å². The Morgan fingerprint density at radius 3 is 2.54 bits per heavy atom. The molecule has 0 saturated heterocycles. The smallest absolute Gasteiger partial charge is 0.419 e. The Bertz CT molecular complexity index is 1190. The van der Waals surface area contributed by atoms with E-state index >= 15 is 0 Å². The van der Waals surface area contributed by atoms with Crippen molar-refractivity contribution < 1.29 is 22.3 Å². The summed E-state index contributed by atoms with van der Waals surface area (Å²) in [6, 6.07) is 9.02. The summed E-state index contributed by atoms with van der Waals surface area (Å²) in [4.78, 5) is 11.6. The van der Waals surface area contributed by atoms with Gasteiger partial charge < -0.3 is 13.9 Å². The quantitative estimate of drug-likeness (QED) is 0.754. The normalized spacial score (nSPS) is 15.3. The van der Waals surface area contributed by atoms with Gasteiger partial charge in [-0.2, -0.15) is 0 Å². The van der Waals surface area contributed by atoms with Crippen LogP contribution >= 0.6 is 0 Å². The molecule has 136 valence electrons. The zero-order chi connectivity index (χ0) is 18.7. The van der Waals surface area contributed by atoms with E-state index in [4.69, 9.17) is 13.9 Å².